The molecular weight excluding hydrogens is 463 g/mol. The number of carbonyl (C=O) groups excluding carboxylic acids is 2. The molecule has 1 N–H and O–H groups in total. The molecule has 0 unspecified atom stereocenters. The summed E-state index contributed by atoms with van der Waals surface area (Å²) in [5, 5.41) is 2.82. The van der Waals surface area contributed by atoms with E-state index in [0.29, 0.717) is 41.5 Å². The van der Waals surface area contributed by atoms with Crippen LogP contribution >= 0.6 is 0 Å². The number of hydrogen-bond donors (Lipinski definition) is 1. The second-order valence-corrected chi connectivity index (χ2v) is 8.70. The summed E-state index contributed by atoms with van der Waals surface area (Å²) in [7, 11) is 0. The van der Waals surface area contributed by atoms with Crippen LogP contribution in [0.1, 0.15) is 27.0 Å². The standard InChI is InChI=1S/C28H23FN2O5/c1-16-3-4-18(11-17(16)2)27(33)22-14-31(23-7-5-19(29)12-21(23)28(22)34)15-26(32)30-20-6-8-24-25(13-20)36-10-9-35-24/h3-8,11-14H,9-10,15H2,1-2H3,(H,30,32). The van der Waals surface area contributed by atoms with E-state index < -0.39 is 22.9 Å². The maximum Gasteiger partial charge on any atom is 0.244 e. The number of aromatic nitrogens is 1. The van der Waals surface area contributed by atoms with Gasteiger partial charge in [-0.2, -0.15) is 0 Å². The smallest absolute Gasteiger partial charge is 0.244 e. The molecule has 4 aromatic rings. The molecule has 0 fully saturated rings. The molecule has 0 bridgehead atoms. The highest BCUT2D eigenvalue weighted by Gasteiger charge is 2.20. The third-order valence-electron chi connectivity index (χ3n) is 6.20. The molecule has 0 saturated heterocycles. The lowest BCUT2D eigenvalue weighted by Gasteiger charge is -2.19. The normalized spacial score (nSPS) is 12.4. The number of ether oxygens (including phenoxy) is 2. The Morgan fingerprint density at radius 2 is 1.72 bits per heavy atom. The quantitative estimate of drug-likeness (QED) is 0.423. The molecule has 2 heterocycles. The molecule has 0 atom stereocenters. The van der Waals surface area contributed by atoms with Crippen molar-refractivity contribution in [1.82, 2.24) is 4.57 Å². The highest BCUT2D eigenvalue weighted by atomic mass is 19.1. The molecule has 0 spiro atoms. The lowest BCUT2D eigenvalue weighted by atomic mass is 9.99. The summed E-state index contributed by atoms with van der Waals surface area (Å²) in [6.45, 7) is 4.48. The lowest BCUT2D eigenvalue weighted by Crippen LogP contribution is -2.24. The van der Waals surface area contributed by atoms with Gasteiger partial charge in [0, 0.05) is 28.9 Å². The van der Waals surface area contributed by atoms with E-state index in [1.165, 1.54) is 22.9 Å². The van der Waals surface area contributed by atoms with Crippen LogP contribution < -0.4 is 20.2 Å². The maximum absolute atomic E-state index is 14.1. The summed E-state index contributed by atoms with van der Waals surface area (Å²) >= 11 is 0. The predicted octanol–water partition coefficient (Wildman–Crippen LogP) is 4.40. The molecule has 182 valence electrons. The van der Waals surface area contributed by atoms with Crippen molar-refractivity contribution in [3.8, 4) is 11.5 Å². The van der Waals surface area contributed by atoms with Gasteiger partial charge in [0.15, 0.2) is 17.3 Å². The topological polar surface area (TPSA) is 86.6 Å². The first kappa shape index (κ1) is 23.3. The van der Waals surface area contributed by atoms with Gasteiger partial charge in [0.05, 0.1) is 11.1 Å². The number of amides is 1. The second-order valence-electron chi connectivity index (χ2n) is 8.70. The van der Waals surface area contributed by atoms with E-state index in [-0.39, 0.29) is 17.5 Å². The van der Waals surface area contributed by atoms with Crippen LogP contribution in [0.25, 0.3) is 10.9 Å². The van der Waals surface area contributed by atoms with Gasteiger partial charge >= 0.3 is 0 Å². The molecule has 1 amide bonds. The third-order valence-corrected chi connectivity index (χ3v) is 6.20. The Morgan fingerprint density at radius 3 is 2.50 bits per heavy atom. The predicted molar refractivity (Wildman–Crippen MR) is 134 cm³/mol. The monoisotopic (exact) mass is 486 g/mol. The molecular formula is C28H23FN2O5. The van der Waals surface area contributed by atoms with Crippen LogP contribution in [0.2, 0.25) is 0 Å². The number of benzene rings is 3. The van der Waals surface area contributed by atoms with E-state index >= 15 is 0 Å². The average molecular weight is 486 g/mol. The minimum atomic E-state index is -0.609. The fourth-order valence-corrected chi connectivity index (χ4v) is 4.18. The first-order chi connectivity index (χ1) is 17.3. The molecule has 1 aliphatic rings. The Labute approximate surface area is 206 Å². The van der Waals surface area contributed by atoms with E-state index in [1.807, 2.05) is 19.9 Å². The zero-order valence-corrected chi connectivity index (χ0v) is 19.8. The Balaban J connectivity index is 1.50. The van der Waals surface area contributed by atoms with Crippen LogP contribution in [0, 0.1) is 19.7 Å². The summed E-state index contributed by atoms with van der Waals surface area (Å²) in [6, 6.07) is 14.0. The summed E-state index contributed by atoms with van der Waals surface area (Å²) in [6.07, 6.45) is 1.36. The number of ketones is 1. The Hall–Kier alpha value is -4.46. The van der Waals surface area contributed by atoms with Gasteiger partial charge in [0.2, 0.25) is 11.3 Å². The van der Waals surface area contributed by atoms with Crippen molar-refractivity contribution in [2.45, 2.75) is 20.4 Å². The number of fused-ring (bicyclic) bond motifs is 2. The Bertz CT molecular complexity index is 1590. The largest absolute Gasteiger partial charge is 0.486 e. The number of hydrogen-bond acceptors (Lipinski definition) is 5. The fraction of sp³-hybridized carbons (Fsp3) is 0.179. The number of nitrogens with one attached hydrogen (secondary N) is 1. The van der Waals surface area contributed by atoms with E-state index in [1.54, 1.807) is 30.3 Å². The van der Waals surface area contributed by atoms with Crippen LogP contribution in [0.3, 0.4) is 0 Å². The number of rotatable bonds is 5. The molecule has 5 rings (SSSR count). The van der Waals surface area contributed by atoms with E-state index in [0.717, 1.165) is 17.2 Å². The molecule has 0 saturated carbocycles. The second kappa shape index (κ2) is 9.30. The number of pyridine rings is 1. The van der Waals surface area contributed by atoms with Crippen LogP contribution in [0.4, 0.5) is 10.1 Å². The van der Waals surface area contributed by atoms with Crippen LogP contribution in [-0.4, -0.2) is 29.5 Å². The first-order valence-corrected chi connectivity index (χ1v) is 11.4. The molecule has 8 heteroatoms. The van der Waals surface area contributed by atoms with Gasteiger partial charge in [-0.3, -0.25) is 14.4 Å². The summed E-state index contributed by atoms with van der Waals surface area (Å²) in [5.41, 5.74) is 2.40. The summed E-state index contributed by atoms with van der Waals surface area (Å²) in [5.74, 6) is -0.366. The minimum absolute atomic E-state index is 0.0248. The summed E-state index contributed by atoms with van der Waals surface area (Å²) < 4.78 is 26.6. The fourth-order valence-electron chi connectivity index (χ4n) is 4.18. The van der Waals surface area contributed by atoms with Crippen molar-refractivity contribution in [2.24, 2.45) is 0 Å². The van der Waals surface area contributed by atoms with Crippen molar-refractivity contribution in [2.75, 3.05) is 18.5 Å². The average Bonchev–Trinajstić information content (AvgIpc) is 2.87. The molecule has 1 aliphatic heterocycles. The molecule has 1 aromatic heterocycles. The van der Waals surface area contributed by atoms with Gasteiger partial charge in [-0.1, -0.05) is 12.1 Å². The van der Waals surface area contributed by atoms with E-state index in [2.05, 4.69) is 5.32 Å². The molecule has 36 heavy (non-hydrogen) atoms. The number of halogens is 1. The van der Waals surface area contributed by atoms with E-state index in [9.17, 15) is 18.8 Å². The van der Waals surface area contributed by atoms with Crippen molar-refractivity contribution < 1.29 is 23.5 Å². The minimum Gasteiger partial charge on any atom is -0.486 e. The van der Waals surface area contributed by atoms with Gasteiger partial charge in [-0.25, -0.2) is 4.39 Å². The zero-order valence-electron chi connectivity index (χ0n) is 19.8. The highest BCUT2D eigenvalue weighted by Crippen LogP contribution is 2.32. The number of aryl methyl sites for hydroxylation is 2. The van der Waals surface area contributed by atoms with Crippen LogP contribution in [0.15, 0.2) is 65.6 Å². The highest BCUT2D eigenvalue weighted by molar-refractivity contribution is 6.10. The Morgan fingerprint density at radius 1 is 0.944 bits per heavy atom. The Kier molecular flexibility index (Phi) is 6.01. The molecule has 3 aromatic carbocycles. The van der Waals surface area contributed by atoms with Gasteiger partial charge in [-0.05, 0) is 61.4 Å². The third kappa shape index (κ3) is 4.45. The van der Waals surface area contributed by atoms with Gasteiger partial charge in [0.25, 0.3) is 0 Å². The molecule has 7 nitrogen and oxygen atoms in total. The van der Waals surface area contributed by atoms with Gasteiger partial charge in [0.1, 0.15) is 25.6 Å². The SMILES string of the molecule is Cc1ccc(C(=O)c2cn(CC(=O)Nc3ccc4c(c3)OCCO4)c3ccc(F)cc3c2=O)cc1C. The van der Waals surface area contributed by atoms with Gasteiger partial charge < -0.3 is 19.4 Å². The molecule has 0 radical (unpaired) electrons. The van der Waals surface area contributed by atoms with E-state index in [4.69, 9.17) is 9.47 Å². The number of carbonyl (C=O) groups is 2. The van der Waals surface area contributed by atoms with Crippen molar-refractivity contribution in [1.29, 1.82) is 0 Å². The maximum atomic E-state index is 14.1. The number of anilines is 1. The van der Waals surface area contributed by atoms with Gasteiger partial charge in [-0.15, -0.1) is 0 Å². The zero-order chi connectivity index (χ0) is 25.4. The van der Waals surface area contributed by atoms with Crippen molar-refractivity contribution >= 4 is 28.3 Å². The van der Waals surface area contributed by atoms with Crippen molar-refractivity contribution in [3.05, 3.63) is 99.1 Å². The van der Waals surface area contributed by atoms with Crippen LogP contribution in [0.5, 0.6) is 11.5 Å². The van der Waals surface area contributed by atoms with Crippen LogP contribution in [-0.2, 0) is 11.3 Å². The summed E-state index contributed by atoms with van der Waals surface area (Å²) in [4.78, 5) is 39.4. The van der Waals surface area contributed by atoms with Crippen molar-refractivity contribution in [3.63, 3.8) is 0 Å². The lowest BCUT2D eigenvalue weighted by molar-refractivity contribution is -0.116. The number of nitrogens with zero attached hydrogens (tertiary/aromatic N) is 1. The first-order valence-electron chi connectivity index (χ1n) is 11.4. The molecule has 0 aliphatic carbocycles.